The summed E-state index contributed by atoms with van der Waals surface area (Å²) in [6, 6.07) is 0. The van der Waals surface area contributed by atoms with Crippen molar-refractivity contribution in [2.45, 2.75) is 59.6 Å². The Bertz CT molecular complexity index is 161. The summed E-state index contributed by atoms with van der Waals surface area (Å²) in [5.74, 6) is 0.308. The van der Waals surface area contributed by atoms with Crippen LogP contribution in [0.1, 0.15) is 53.4 Å². The molecule has 92 valence electrons. The van der Waals surface area contributed by atoms with Crippen molar-refractivity contribution in [2.24, 2.45) is 17.8 Å². The molecule has 0 radical (unpaired) electrons. The summed E-state index contributed by atoms with van der Waals surface area (Å²) in [4.78, 5) is 0. The van der Waals surface area contributed by atoms with Crippen LogP contribution in [0.4, 0.5) is 13.2 Å². The quantitative estimate of drug-likeness (QED) is 0.593. The van der Waals surface area contributed by atoms with Gasteiger partial charge in [-0.05, 0) is 24.2 Å². The minimum Gasteiger partial charge on any atom is -0.171 e. The molecule has 2 unspecified atom stereocenters. The van der Waals surface area contributed by atoms with Crippen LogP contribution in [-0.2, 0) is 0 Å². The molecule has 0 aliphatic rings. The van der Waals surface area contributed by atoms with Gasteiger partial charge in [-0.2, -0.15) is 13.2 Å². The first-order chi connectivity index (χ1) is 6.76. The van der Waals surface area contributed by atoms with Crippen LogP contribution in [0.15, 0.2) is 0 Å². The fraction of sp³-hybridized carbons (Fsp3) is 1.00. The van der Waals surface area contributed by atoms with Crippen LogP contribution in [0.5, 0.6) is 0 Å². The summed E-state index contributed by atoms with van der Waals surface area (Å²) in [6.07, 6.45) is -1.86. The minimum absolute atomic E-state index is 0.117. The van der Waals surface area contributed by atoms with E-state index in [1.807, 2.05) is 13.8 Å². The zero-order valence-corrected chi connectivity index (χ0v) is 10.2. The third-order valence-corrected chi connectivity index (χ3v) is 2.92. The Balaban J connectivity index is 4.16. The van der Waals surface area contributed by atoms with Crippen LogP contribution in [0.2, 0.25) is 0 Å². The highest BCUT2D eigenvalue weighted by molar-refractivity contribution is 4.70. The van der Waals surface area contributed by atoms with Crippen molar-refractivity contribution < 1.29 is 13.2 Å². The Morgan fingerprint density at radius 1 is 1.07 bits per heavy atom. The van der Waals surface area contributed by atoms with E-state index < -0.39 is 12.6 Å². The van der Waals surface area contributed by atoms with Gasteiger partial charge in [0.1, 0.15) is 0 Å². The van der Waals surface area contributed by atoms with Gasteiger partial charge in [-0.3, -0.25) is 0 Å². The Morgan fingerprint density at radius 2 is 1.60 bits per heavy atom. The van der Waals surface area contributed by atoms with E-state index in [1.165, 1.54) is 0 Å². The van der Waals surface area contributed by atoms with Gasteiger partial charge in [0.25, 0.3) is 0 Å². The highest BCUT2D eigenvalue weighted by Crippen LogP contribution is 2.33. The van der Waals surface area contributed by atoms with E-state index in [9.17, 15) is 13.2 Å². The van der Waals surface area contributed by atoms with E-state index in [0.717, 1.165) is 12.8 Å². The Morgan fingerprint density at radius 3 is 1.93 bits per heavy atom. The molecule has 15 heavy (non-hydrogen) atoms. The summed E-state index contributed by atoms with van der Waals surface area (Å²) in [5.41, 5.74) is 0. The topological polar surface area (TPSA) is 0 Å². The number of rotatable bonds is 6. The first kappa shape index (κ1) is 14.8. The molecular weight excluding hydrogens is 201 g/mol. The zero-order chi connectivity index (χ0) is 12.1. The van der Waals surface area contributed by atoms with Crippen molar-refractivity contribution in [3.8, 4) is 0 Å². The van der Waals surface area contributed by atoms with Crippen molar-refractivity contribution in [3.05, 3.63) is 0 Å². The van der Waals surface area contributed by atoms with Crippen LogP contribution in [0.3, 0.4) is 0 Å². The van der Waals surface area contributed by atoms with Crippen LogP contribution >= 0.6 is 0 Å². The molecule has 0 bridgehead atoms. The summed E-state index contributed by atoms with van der Waals surface area (Å²) < 4.78 is 36.9. The summed E-state index contributed by atoms with van der Waals surface area (Å²) in [6.45, 7) is 7.89. The highest BCUT2D eigenvalue weighted by atomic mass is 19.4. The first-order valence-corrected chi connectivity index (χ1v) is 5.83. The SMILES string of the molecule is CCCC(C)CC(CC(F)(F)F)C(C)C. The molecule has 0 aliphatic heterocycles. The van der Waals surface area contributed by atoms with E-state index in [4.69, 9.17) is 0 Å². The van der Waals surface area contributed by atoms with Crippen LogP contribution in [0.25, 0.3) is 0 Å². The molecule has 3 heteroatoms. The number of halogens is 3. The van der Waals surface area contributed by atoms with Gasteiger partial charge in [0, 0.05) is 6.42 Å². The van der Waals surface area contributed by atoms with Crippen molar-refractivity contribution >= 4 is 0 Å². The average Bonchev–Trinajstić information content (AvgIpc) is 2.00. The molecule has 0 fully saturated rings. The van der Waals surface area contributed by atoms with Gasteiger partial charge in [-0.15, -0.1) is 0 Å². The molecule has 0 N–H and O–H groups in total. The van der Waals surface area contributed by atoms with Crippen LogP contribution < -0.4 is 0 Å². The summed E-state index contributed by atoms with van der Waals surface area (Å²) >= 11 is 0. The van der Waals surface area contributed by atoms with E-state index in [-0.39, 0.29) is 11.8 Å². The van der Waals surface area contributed by atoms with Crippen molar-refractivity contribution in [2.75, 3.05) is 0 Å². The van der Waals surface area contributed by atoms with Crippen molar-refractivity contribution in [3.63, 3.8) is 0 Å². The van der Waals surface area contributed by atoms with Gasteiger partial charge in [-0.1, -0.05) is 40.5 Å². The number of alkyl halides is 3. The second-order valence-corrected chi connectivity index (χ2v) is 4.95. The zero-order valence-electron chi connectivity index (χ0n) is 10.2. The molecule has 0 aromatic heterocycles. The summed E-state index contributed by atoms with van der Waals surface area (Å²) in [7, 11) is 0. The fourth-order valence-corrected chi connectivity index (χ4v) is 2.02. The predicted molar refractivity (Wildman–Crippen MR) is 57.7 cm³/mol. The average molecular weight is 224 g/mol. The second kappa shape index (κ2) is 6.39. The second-order valence-electron chi connectivity index (χ2n) is 4.95. The molecule has 0 nitrogen and oxygen atoms in total. The van der Waals surface area contributed by atoms with Gasteiger partial charge in [0.2, 0.25) is 0 Å². The molecule has 0 spiro atoms. The molecule has 0 rings (SSSR count). The maximum atomic E-state index is 12.3. The molecule has 0 saturated heterocycles. The lowest BCUT2D eigenvalue weighted by Crippen LogP contribution is -2.21. The van der Waals surface area contributed by atoms with Gasteiger partial charge in [-0.25, -0.2) is 0 Å². The summed E-state index contributed by atoms with van der Waals surface area (Å²) in [5, 5.41) is 0. The molecule has 0 heterocycles. The largest absolute Gasteiger partial charge is 0.389 e. The molecule has 0 amide bonds. The monoisotopic (exact) mass is 224 g/mol. The third-order valence-electron chi connectivity index (χ3n) is 2.92. The fourth-order valence-electron chi connectivity index (χ4n) is 2.02. The molecule has 0 aliphatic carbocycles. The number of hydrogen-bond donors (Lipinski definition) is 0. The number of hydrogen-bond acceptors (Lipinski definition) is 0. The van der Waals surface area contributed by atoms with Crippen molar-refractivity contribution in [1.29, 1.82) is 0 Å². The van der Waals surface area contributed by atoms with E-state index >= 15 is 0 Å². The standard InChI is InChI=1S/C12H23F3/c1-5-6-10(4)7-11(9(2)3)8-12(13,14)15/h9-11H,5-8H2,1-4H3. The third kappa shape index (κ3) is 7.69. The van der Waals surface area contributed by atoms with E-state index in [2.05, 4.69) is 13.8 Å². The van der Waals surface area contributed by atoms with Gasteiger partial charge < -0.3 is 0 Å². The predicted octanol–water partition coefficient (Wildman–Crippen LogP) is 5.04. The Kier molecular flexibility index (Phi) is 6.30. The van der Waals surface area contributed by atoms with E-state index in [0.29, 0.717) is 12.3 Å². The lowest BCUT2D eigenvalue weighted by Gasteiger charge is -2.25. The molecule has 0 aromatic rings. The lowest BCUT2D eigenvalue weighted by atomic mass is 9.83. The molecular formula is C12H23F3. The van der Waals surface area contributed by atoms with Gasteiger partial charge in [0.05, 0.1) is 0 Å². The molecule has 0 saturated carbocycles. The normalized spacial score (nSPS) is 16.8. The first-order valence-electron chi connectivity index (χ1n) is 5.83. The van der Waals surface area contributed by atoms with Crippen LogP contribution in [-0.4, -0.2) is 6.18 Å². The Labute approximate surface area is 91.3 Å². The van der Waals surface area contributed by atoms with Gasteiger partial charge in [0.15, 0.2) is 0 Å². The smallest absolute Gasteiger partial charge is 0.171 e. The lowest BCUT2D eigenvalue weighted by molar-refractivity contribution is -0.149. The van der Waals surface area contributed by atoms with Crippen molar-refractivity contribution in [1.82, 2.24) is 0 Å². The van der Waals surface area contributed by atoms with Gasteiger partial charge >= 0.3 is 6.18 Å². The highest BCUT2D eigenvalue weighted by Gasteiger charge is 2.33. The maximum absolute atomic E-state index is 12.3. The molecule has 2 atom stereocenters. The maximum Gasteiger partial charge on any atom is 0.389 e. The van der Waals surface area contributed by atoms with Crippen LogP contribution in [0, 0.1) is 17.8 Å². The van der Waals surface area contributed by atoms with E-state index in [1.54, 1.807) is 0 Å². The Hall–Kier alpha value is -0.210. The molecule has 0 aromatic carbocycles. The minimum atomic E-state index is -4.01.